The fourth-order valence-corrected chi connectivity index (χ4v) is 2.53. The molecule has 0 aliphatic rings. The molecule has 0 saturated carbocycles. The molecule has 1 heterocycles. The highest BCUT2D eigenvalue weighted by molar-refractivity contribution is 5.94. The molecule has 0 spiro atoms. The Morgan fingerprint density at radius 2 is 1.68 bits per heavy atom. The van der Waals surface area contributed by atoms with Gasteiger partial charge in [-0.2, -0.15) is 0 Å². The van der Waals surface area contributed by atoms with E-state index in [1.165, 1.54) is 17.8 Å². The molecule has 132 valence electrons. The molecule has 3 N–H and O–H groups in total. The quantitative estimate of drug-likeness (QED) is 0.841. The zero-order valence-electron chi connectivity index (χ0n) is 14.7. The van der Waals surface area contributed by atoms with Crippen molar-refractivity contribution in [1.82, 2.24) is 9.88 Å². The fraction of sp³-hybridized carbons (Fsp3) is 0.316. The van der Waals surface area contributed by atoms with Gasteiger partial charge in [0, 0.05) is 6.20 Å². The topological polar surface area (TPSA) is 94.2 Å². The molecule has 0 radical (unpaired) electrons. The Labute approximate surface area is 146 Å². The van der Waals surface area contributed by atoms with Gasteiger partial charge >= 0.3 is 0 Å². The van der Waals surface area contributed by atoms with Crippen LogP contribution in [0, 0.1) is 0 Å². The van der Waals surface area contributed by atoms with Gasteiger partial charge in [0.25, 0.3) is 11.5 Å². The Bertz CT molecular complexity index is 823. The highest BCUT2D eigenvalue weighted by Crippen LogP contribution is 2.18. The standard InChI is InChI=1S/C19H23N3O3/c1-12(2)14-6-8-15(9-7-14)13(3)21-18(24)16-5-4-10-22(19(16)25)11-17(20)23/h4-10,12-13H,11H2,1-3H3,(H2,20,23)(H,21,24)/t13-/m0/s1. The van der Waals surface area contributed by atoms with Crippen LogP contribution >= 0.6 is 0 Å². The van der Waals surface area contributed by atoms with Crippen LogP contribution in [0.5, 0.6) is 0 Å². The summed E-state index contributed by atoms with van der Waals surface area (Å²) in [5, 5.41) is 2.81. The molecule has 1 aromatic carbocycles. The van der Waals surface area contributed by atoms with Gasteiger partial charge in [-0.15, -0.1) is 0 Å². The van der Waals surface area contributed by atoms with Crippen molar-refractivity contribution in [2.45, 2.75) is 39.3 Å². The summed E-state index contributed by atoms with van der Waals surface area (Å²) in [4.78, 5) is 35.7. The molecule has 0 fully saturated rings. The first-order chi connectivity index (χ1) is 11.8. The van der Waals surface area contributed by atoms with Crippen LogP contribution in [0.1, 0.15) is 54.2 Å². The molecule has 2 amide bonds. The monoisotopic (exact) mass is 341 g/mol. The summed E-state index contributed by atoms with van der Waals surface area (Å²) in [7, 11) is 0. The van der Waals surface area contributed by atoms with Gasteiger partial charge in [0.05, 0.1) is 6.04 Å². The predicted octanol–water partition coefficient (Wildman–Crippen LogP) is 1.95. The summed E-state index contributed by atoms with van der Waals surface area (Å²) in [5.74, 6) is -0.686. The second-order valence-corrected chi connectivity index (χ2v) is 6.34. The number of aromatic nitrogens is 1. The summed E-state index contributed by atoms with van der Waals surface area (Å²) in [5.41, 5.74) is 6.72. The second-order valence-electron chi connectivity index (χ2n) is 6.34. The number of carbonyl (C=O) groups is 2. The van der Waals surface area contributed by atoms with E-state index >= 15 is 0 Å². The Morgan fingerprint density at radius 3 is 2.24 bits per heavy atom. The smallest absolute Gasteiger partial charge is 0.263 e. The number of rotatable bonds is 6. The number of benzene rings is 1. The van der Waals surface area contributed by atoms with Crippen molar-refractivity contribution in [1.29, 1.82) is 0 Å². The Kier molecular flexibility index (Phi) is 5.75. The van der Waals surface area contributed by atoms with E-state index in [-0.39, 0.29) is 18.2 Å². The van der Waals surface area contributed by atoms with Crippen LogP contribution in [0.3, 0.4) is 0 Å². The fourth-order valence-electron chi connectivity index (χ4n) is 2.53. The first kappa shape index (κ1) is 18.4. The minimum Gasteiger partial charge on any atom is -0.368 e. The molecule has 25 heavy (non-hydrogen) atoms. The third-order valence-corrected chi connectivity index (χ3v) is 4.04. The first-order valence-corrected chi connectivity index (χ1v) is 8.18. The molecule has 1 aromatic heterocycles. The number of primary amides is 1. The van der Waals surface area contributed by atoms with Crippen molar-refractivity contribution in [3.8, 4) is 0 Å². The number of carbonyl (C=O) groups excluding carboxylic acids is 2. The second kappa shape index (κ2) is 7.79. The zero-order chi connectivity index (χ0) is 18.6. The van der Waals surface area contributed by atoms with Crippen LogP contribution in [0.2, 0.25) is 0 Å². The predicted molar refractivity (Wildman–Crippen MR) is 96.3 cm³/mol. The number of nitrogens with zero attached hydrogens (tertiary/aromatic N) is 1. The van der Waals surface area contributed by atoms with E-state index in [2.05, 4.69) is 19.2 Å². The molecule has 2 aromatic rings. The van der Waals surface area contributed by atoms with Gasteiger partial charge in [-0.3, -0.25) is 14.4 Å². The lowest BCUT2D eigenvalue weighted by molar-refractivity contribution is -0.118. The van der Waals surface area contributed by atoms with E-state index in [1.54, 1.807) is 6.07 Å². The van der Waals surface area contributed by atoms with Gasteiger partial charge in [-0.1, -0.05) is 38.1 Å². The minimum atomic E-state index is -0.640. The molecular weight excluding hydrogens is 318 g/mol. The van der Waals surface area contributed by atoms with Crippen molar-refractivity contribution in [2.24, 2.45) is 5.73 Å². The Hall–Kier alpha value is -2.89. The van der Waals surface area contributed by atoms with E-state index in [9.17, 15) is 14.4 Å². The van der Waals surface area contributed by atoms with Crippen molar-refractivity contribution < 1.29 is 9.59 Å². The van der Waals surface area contributed by atoms with E-state index in [0.29, 0.717) is 5.92 Å². The molecule has 0 saturated heterocycles. The number of hydrogen-bond donors (Lipinski definition) is 2. The maximum Gasteiger partial charge on any atom is 0.263 e. The lowest BCUT2D eigenvalue weighted by atomic mass is 9.99. The number of nitrogens with one attached hydrogen (secondary N) is 1. The summed E-state index contributed by atoms with van der Waals surface area (Å²) in [6.07, 6.45) is 1.43. The van der Waals surface area contributed by atoms with Crippen LogP contribution < -0.4 is 16.6 Å². The maximum absolute atomic E-state index is 12.4. The first-order valence-electron chi connectivity index (χ1n) is 8.18. The molecule has 1 atom stereocenters. The number of hydrogen-bond acceptors (Lipinski definition) is 3. The number of nitrogens with two attached hydrogens (primary N) is 1. The summed E-state index contributed by atoms with van der Waals surface area (Å²) >= 11 is 0. The van der Waals surface area contributed by atoms with Gasteiger partial charge in [0.15, 0.2) is 0 Å². The van der Waals surface area contributed by atoms with Crippen LogP contribution in [-0.2, 0) is 11.3 Å². The average Bonchev–Trinajstić information content (AvgIpc) is 2.56. The van der Waals surface area contributed by atoms with Crippen LogP contribution in [0.25, 0.3) is 0 Å². The Balaban J connectivity index is 2.16. The molecule has 2 rings (SSSR count). The lowest BCUT2D eigenvalue weighted by Crippen LogP contribution is -2.35. The minimum absolute atomic E-state index is 0.0191. The van der Waals surface area contributed by atoms with Gasteiger partial charge in [0.2, 0.25) is 5.91 Å². The Morgan fingerprint density at radius 1 is 1.08 bits per heavy atom. The van der Waals surface area contributed by atoms with Gasteiger partial charge in [0.1, 0.15) is 12.1 Å². The van der Waals surface area contributed by atoms with Crippen LogP contribution in [0.4, 0.5) is 0 Å². The molecule has 0 aliphatic carbocycles. The summed E-state index contributed by atoms with van der Waals surface area (Å²) < 4.78 is 1.12. The number of amides is 2. The lowest BCUT2D eigenvalue weighted by Gasteiger charge is -2.16. The van der Waals surface area contributed by atoms with E-state index in [4.69, 9.17) is 5.73 Å². The van der Waals surface area contributed by atoms with Crippen molar-refractivity contribution in [3.63, 3.8) is 0 Å². The SMILES string of the molecule is CC(C)c1ccc([C@H](C)NC(=O)c2cccn(CC(N)=O)c2=O)cc1. The van der Waals surface area contributed by atoms with E-state index < -0.39 is 17.4 Å². The van der Waals surface area contributed by atoms with Crippen LogP contribution in [0.15, 0.2) is 47.4 Å². The largest absolute Gasteiger partial charge is 0.368 e. The normalized spacial score (nSPS) is 12.0. The third kappa shape index (κ3) is 4.56. The molecular formula is C19H23N3O3. The van der Waals surface area contributed by atoms with Crippen molar-refractivity contribution >= 4 is 11.8 Å². The molecule has 0 unspecified atom stereocenters. The highest BCUT2D eigenvalue weighted by Gasteiger charge is 2.16. The molecule has 6 nitrogen and oxygen atoms in total. The maximum atomic E-state index is 12.4. The summed E-state index contributed by atoms with van der Waals surface area (Å²) in [6.45, 7) is 5.83. The van der Waals surface area contributed by atoms with Crippen molar-refractivity contribution in [2.75, 3.05) is 0 Å². The average molecular weight is 341 g/mol. The zero-order valence-corrected chi connectivity index (χ0v) is 14.7. The molecule has 0 aliphatic heterocycles. The third-order valence-electron chi connectivity index (χ3n) is 4.04. The van der Waals surface area contributed by atoms with E-state index in [1.807, 2.05) is 31.2 Å². The number of pyridine rings is 1. The molecule has 6 heteroatoms. The molecule has 0 bridgehead atoms. The van der Waals surface area contributed by atoms with E-state index in [0.717, 1.165) is 10.1 Å². The van der Waals surface area contributed by atoms with Gasteiger partial charge < -0.3 is 15.6 Å². The van der Waals surface area contributed by atoms with Gasteiger partial charge in [-0.05, 0) is 36.1 Å². The van der Waals surface area contributed by atoms with Gasteiger partial charge in [-0.25, -0.2) is 0 Å². The summed E-state index contributed by atoms with van der Waals surface area (Å²) in [6, 6.07) is 10.7. The highest BCUT2D eigenvalue weighted by atomic mass is 16.2. The van der Waals surface area contributed by atoms with Crippen molar-refractivity contribution in [3.05, 3.63) is 69.6 Å². The van der Waals surface area contributed by atoms with Crippen LogP contribution in [-0.4, -0.2) is 16.4 Å².